The molecule has 1 aromatic heterocycles. The molecule has 2 saturated heterocycles. The van der Waals surface area contributed by atoms with Gasteiger partial charge in [0.05, 0.1) is 30.0 Å². The summed E-state index contributed by atoms with van der Waals surface area (Å²) in [7, 11) is 1.34. The summed E-state index contributed by atoms with van der Waals surface area (Å²) in [5.41, 5.74) is -2.55. The predicted octanol–water partition coefficient (Wildman–Crippen LogP) is 2.50. The summed E-state index contributed by atoms with van der Waals surface area (Å²) < 4.78 is 30.6. The summed E-state index contributed by atoms with van der Waals surface area (Å²) in [5.74, 6) is -2.40. The van der Waals surface area contributed by atoms with Crippen molar-refractivity contribution in [3.8, 4) is 0 Å². The number of hydrogen-bond acceptors (Lipinski definition) is 5. The monoisotopic (exact) mass is 496 g/mol. The summed E-state index contributed by atoms with van der Waals surface area (Å²) >= 11 is 3.15. The number of piperidine rings is 1. The molecule has 10 heteroatoms. The lowest BCUT2D eigenvalue weighted by Crippen LogP contribution is -2.72. The third kappa shape index (κ3) is 4.11. The van der Waals surface area contributed by atoms with E-state index in [1.54, 1.807) is 6.07 Å². The zero-order valence-corrected chi connectivity index (χ0v) is 18.5. The van der Waals surface area contributed by atoms with Gasteiger partial charge in [-0.3, -0.25) is 9.59 Å². The molecule has 2 aliphatic heterocycles. The average Bonchev–Trinajstić information content (AvgIpc) is 2.73. The fourth-order valence-corrected chi connectivity index (χ4v) is 4.50. The number of carbonyl (C=O) groups excluding carboxylic acids is 1. The normalized spacial score (nSPS) is 20.3. The lowest BCUT2D eigenvalue weighted by Gasteiger charge is -2.51. The number of hydrogen-bond donors (Lipinski definition) is 3. The van der Waals surface area contributed by atoms with Crippen LogP contribution in [-0.2, 0) is 7.05 Å². The summed E-state index contributed by atoms with van der Waals surface area (Å²) in [6.07, 6.45) is 4.10. The molecule has 3 N–H and O–H groups in total. The van der Waals surface area contributed by atoms with Crippen LogP contribution in [0.25, 0.3) is 0 Å². The molecule has 0 spiro atoms. The van der Waals surface area contributed by atoms with Gasteiger partial charge in [0.1, 0.15) is 11.4 Å². The molecule has 0 unspecified atom stereocenters. The number of pyridine rings is 1. The van der Waals surface area contributed by atoms with Crippen LogP contribution >= 0.6 is 15.9 Å². The molecule has 31 heavy (non-hydrogen) atoms. The van der Waals surface area contributed by atoms with Gasteiger partial charge in [0.2, 0.25) is 5.82 Å². The summed E-state index contributed by atoms with van der Waals surface area (Å²) in [6, 6.07) is 4.02. The minimum atomic E-state index is -1.18. The largest absolute Gasteiger partial charge is 0.385 e. The number of benzene rings is 1. The molecule has 2 aromatic rings. The number of aromatic nitrogens is 1. The first kappa shape index (κ1) is 21.9. The molecule has 1 atom stereocenters. The molecule has 0 radical (unpaired) electrons. The third-order valence-corrected chi connectivity index (χ3v) is 6.41. The first-order chi connectivity index (χ1) is 14.7. The zero-order valence-electron chi connectivity index (χ0n) is 16.9. The van der Waals surface area contributed by atoms with E-state index in [2.05, 4.69) is 26.6 Å². The Kier molecular flexibility index (Phi) is 5.89. The van der Waals surface area contributed by atoms with Gasteiger partial charge in [0.25, 0.3) is 11.5 Å². The van der Waals surface area contributed by atoms with Gasteiger partial charge in [-0.15, -0.1) is 0 Å². The van der Waals surface area contributed by atoms with Crippen molar-refractivity contribution < 1.29 is 18.7 Å². The molecular formula is C21H23BrF2N4O3. The van der Waals surface area contributed by atoms with Crippen LogP contribution in [0.1, 0.15) is 29.6 Å². The highest BCUT2D eigenvalue weighted by molar-refractivity contribution is 9.10. The van der Waals surface area contributed by atoms with Crippen molar-refractivity contribution in [2.75, 3.05) is 25.0 Å². The van der Waals surface area contributed by atoms with Crippen molar-refractivity contribution in [2.45, 2.75) is 30.9 Å². The summed E-state index contributed by atoms with van der Waals surface area (Å²) in [5, 5.41) is 16.7. The van der Waals surface area contributed by atoms with Crippen LogP contribution in [-0.4, -0.2) is 51.8 Å². The SMILES string of the molecule is Cn1cc(C(=O)N2CC(O)([C@@H]3CCCCN3)C2)c(Nc2ccc(Br)cc2F)c(F)c1=O. The van der Waals surface area contributed by atoms with E-state index in [1.165, 1.54) is 30.3 Å². The Hall–Kier alpha value is -2.30. The molecule has 4 rings (SSSR count). The first-order valence-electron chi connectivity index (χ1n) is 10.1. The molecule has 2 aliphatic rings. The van der Waals surface area contributed by atoms with Gasteiger partial charge in [-0.25, -0.2) is 4.39 Å². The Labute approximate surface area is 186 Å². The second-order valence-corrected chi connectivity index (χ2v) is 9.08. The van der Waals surface area contributed by atoms with Crippen LogP contribution in [0.5, 0.6) is 0 Å². The number of likely N-dealkylation sites (tertiary alicyclic amines) is 1. The number of amides is 1. The summed E-state index contributed by atoms with van der Waals surface area (Å²) in [6.45, 7) is 1.01. The highest BCUT2D eigenvalue weighted by Crippen LogP contribution is 2.33. The Balaban J connectivity index is 1.62. The lowest BCUT2D eigenvalue weighted by molar-refractivity contribution is -0.108. The van der Waals surface area contributed by atoms with Crippen molar-refractivity contribution in [1.29, 1.82) is 0 Å². The molecule has 166 valence electrons. The van der Waals surface area contributed by atoms with E-state index < -0.39 is 28.7 Å². The Morgan fingerprint density at radius 3 is 2.71 bits per heavy atom. The van der Waals surface area contributed by atoms with Gasteiger partial charge in [0, 0.05) is 23.8 Å². The van der Waals surface area contributed by atoms with E-state index in [0.717, 1.165) is 30.4 Å². The molecule has 7 nitrogen and oxygen atoms in total. The number of aryl methyl sites for hydroxylation is 1. The molecule has 0 bridgehead atoms. The summed E-state index contributed by atoms with van der Waals surface area (Å²) in [4.78, 5) is 26.7. The number of nitrogens with zero attached hydrogens (tertiary/aromatic N) is 2. The van der Waals surface area contributed by atoms with Crippen LogP contribution in [0.15, 0.2) is 33.7 Å². The van der Waals surface area contributed by atoms with Gasteiger partial charge in [-0.1, -0.05) is 22.4 Å². The smallest absolute Gasteiger partial charge is 0.288 e. The average molecular weight is 497 g/mol. The van der Waals surface area contributed by atoms with E-state index >= 15 is 0 Å². The number of aliphatic hydroxyl groups is 1. The molecular weight excluding hydrogens is 474 g/mol. The topological polar surface area (TPSA) is 86.6 Å². The zero-order chi connectivity index (χ0) is 22.3. The molecule has 0 aliphatic carbocycles. The maximum atomic E-state index is 14.9. The van der Waals surface area contributed by atoms with Crippen molar-refractivity contribution in [3.63, 3.8) is 0 Å². The predicted molar refractivity (Wildman–Crippen MR) is 116 cm³/mol. The molecule has 1 aromatic carbocycles. The Morgan fingerprint density at radius 2 is 2.06 bits per heavy atom. The van der Waals surface area contributed by atoms with E-state index in [1.807, 2.05) is 0 Å². The van der Waals surface area contributed by atoms with Gasteiger partial charge in [-0.2, -0.15) is 4.39 Å². The van der Waals surface area contributed by atoms with Gasteiger partial charge >= 0.3 is 0 Å². The quantitative estimate of drug-likeness (QED) is 0.605. The van der Waals surface area contributed by atoms with Gasteiger partial charge < -0.3 is 25.2 Å². The van der Waals surface area contributed by atoms with Gasteiger partial charge in [-0.05, 0) is 37.6 Å². The van der Waals surface area contributed by atoms with E-state index in [0.29, 0.717) is 4.47 Å². The molecule has 1 amide bonds. The van der Waals surface area contributed by atoms with Crippen molar-refractivity contribution >= 4 is 33.2 Å². The van der Waals surface area contributed by atoms with E-state index in [4.69, 9.17) is 0 Å². The highest BCUT2D eigenvalue weighted by atomic mass is 79.9. The first-order valence-corrected chi connectivity index (χ1v) is 10.8. The Morgan fingerprint density at radius 1 is 1.32 bits per heavy atom. The number of nitrogens with one attached hydrogen (secondary N) is 2. The lowest BCUT2D eigenvalue weighted by atomic mass is 9.81. The minimum absolute atomic E-state index is 0.0732. The van der Waals surface area contributed by atoms with Crippen molar-refractivity contribution in [1.82, 2.24) is 14.8 Å². The van der Waals surface area contributed by atoms with Crippen molar-refractivity contribution in [2.24, 2.45) is 7.05 Å². The maximum absolute atomic E-state index is 14.9. The molecule has 2 fully saturated rings. The second-order valence-electron chi connectivity index (χ2n) is 8.16. The number of halogens is 3. The van der Waals surface area contributed by atoms with Crippen LogP contribution in [0.3, 0.4) is 0 Å². The number of carbonyl (C=O) groups is 1. The number of anilines is 2. The van der Waals surface area contributed by atoms with Gasteiger partial charge in [0.15, 0.2) is 0 Å². The third-order valence-electron chi connectivity index (χ3n) is 5.92. The van der Waals surface area contributed by atoms with Crippen LogP contribution in [0.4, 0.5) is 20.2 Å². The minimum Gasteiger partial charge on any atom is -0.385 e. The second kappa shape index (κ2) is 8.33. The maximum Gasteiger partial charge on any atom is 0.288 e. The number of rotatable bonds is 4. The van der Waals surface area contributed by atoms with E-state index in [9.17, 15) is 23.5 Å². The van der Waals surface area contributed by atoms with Crippen LogP contribution < -0.4 is 16.2 Å². The Bertz CT molecular complexity index is 1080. The van der Waals surface area contributed by atoms with E-state index in [-0.39, 0.29) is 36.1 Å². The molecule has 0 saturated carbocycles. The fraction of sp³-hybridized carbons (Fsp3) is 0.429. The van der Waals surface area contributed by atoms with Crippen LogP contribution in [0.2, 0.25) is 0 Å². The van der Waals surface area contributed by atoms with Crippen LogP contribution in [0, 0.1) is 11.6 Å². The highest BCUT2D eigenvalue weighted by Gasteiger charge is 2.49. The fourth-order valence-electron chi connectivity index (χ4n) is 4.17. The van der Waals surface area contributed by atoms with Crippen molar-refractivity contribution in [3.05, 3.63) is 56.4 Å². The number of β-amino-alcohol motifs (C(OH)–C–C–N with tert-alkyl or cyclic N) is 1. The molecule has 3 heterocycles. The standard InChI is InChI=1S/C21H23BrF2N4O3/c1-27-9-13(19(29)28-10-21(31,11-28)16-4-2-3-7-25-16)18(17(24)20(27)30)26-15-6-5-12(22)8-14(15)23/h5-6,8-9,16,25-26,31H,2-4,7,10-11H2,1H3/t16-/m0/s1.